The maximum absolute atomic E-state index is 14.4. The lowest BCUT2D eigenvalue weighted by atomic mass is 9.86. The number of aromatic amines is 2. The van der Waals surface area contributed by atoms with E-state index in [0.29, 0.717) is 32.7 Å². The second kappa shape index (κ2) is 17.2. The van der Waals surface area contributed by atoms with Crippen LogP contribution in [0.1, 0.15) is 85.3 Å². The van der Waals surface area contributed by atoms with Gasteiger partial charge in [-0.05, 0) is 84.0 Å². The average Bonchev–Trinajstić information content (AvgIpc) is 4.11. The second-order valence-electron chi connectivity index (χ2n) is 18.0. The Morgan fingerprint density at radius 1 is 0.859 bits per heavy atom. The van der Waals surface area contributed by atoms with Crippen LogP contribution < -0.4 is 15.4 Å². The molecule has 334 valence electrons. The molecule has 3 aromatic carbocycles. The normalized spacial score (nSPS) is 22.5. The fourth-order valence-electron chi connectivity index (χ4n) is 10.3. The summed E-state index contributed by atoms with van der Waals surface area (Å²) in [5.41, 5.74) is 10.4. The highest BCUT2D eigenvalue weighted by atomic mass is 16.9. The number of benzene rings is 3. The van der Waals surface area contributed by atoms with E-state index in [2.05, 4.69) is 50.9 Å². The number of rotatable bonds is 13. The van der Waals surface area contributed by atoms with Crippen LogP contribution in [0.3, 0.4) is 0 Å². The zero-order valence-corrected chi connectivity index (χ0v) is 36.3. The van der Waals surface area contributed by atoms with Crippen LogP contribution in [-0.4, -0.2) is 101 Å². The van der Waals surface area contributed by atoms with Gasteiger partial charge in [0.1, 0.15) is 30.0 Å². The molecule has 5 aromatic rings. The summed E-state index contributed by atoms with van der Waals surface area (Å²) in [5.74, 6) is 2.59. The molecule has 4 saturated heterocycles. The van der Waals surface area contributed by atoms with Crippen molar-refractivity contribution in [1.29, 1.82) is 0 Å². The summed E-state index contributed by atoms with van der Waals surface area (Å²) in [7, 11) is 1.70. The van der Waals surface area contributed by atoms with Gasteiger partial charge in [-0.1, -0.05) is 56.3 Å². The molecule has 0 radical (unpaired) electrons. The smallest absolute Gasteiger partial charge is 0.245 e. The number of nitrogens with zero attached hydrogens (tertiary/aromatic N) is 4. The molecule has 16 nitrogen and oxygen atoms in total. The molecule has 0 saturated carbocycles. The largest absolute Gasteiger partial charge is 0.488 e. The highest BCUT2D eigenvalue weighted by molar-refractivity contribution is 5.85. The van der Waals surface area contributed by atoms with Gasteiger partial charge in [-0.15, -0.1) is 0 Å². The second-order valence-corrected chi connectivity index (χ2v) is 18.0. The minimum atomic E-state index is -0.660. The molecule has 11 rings (SSSR count). The van der Waals surface area contributed by atoms with Crippen molar-refractivity contribution in [3.8, 4) is 39.4 Å². The summed E-state index contributed by atoms with van der Waals surface area (Å²) in [6.45, 7) is 6.69. The van der Waals surface area contributed by atoms with E-state index in [1.165, 1.54) is 5.56 Å². The Hall–Kier alpha value is -5.46. The van der Waals surface area contributed by atoms with Gasteiger partial charge in [-0.25, -0.2) is 9.97 Å². The lowest BCUT2D eigenvalue weighted by Crippen LogP contribution is -2.56. The van der Waals surface area contributed by atoms with Crippen LogP contribution in [0.2, 0.25) is 0 Å². The van der Waals surface area contributed by atoms with Crippen LogP contribution in [0.4, 0.5) is 0 Å². The van der Waals surface area contributed by atoms with Crippen LogP contribution in [0.25, 0.3) is 33.6 Å². The van der Waals surface area contributed by atoms with Crippen LogP contribution in [0.5, 0.6) is 5.75 Å². The summed E-state index contributed by atoms with van der Waals surface area (Å²) >= 11 is 0. The van der Waals surface area contributed by atoms with E-state index >= 15 is 0 Å². The minimum Gasteiger partial charge on any atom is -0.488 e. The number of amides is 2. The van der Waals surface area contributed by atoms with E-state index in [9.17, 15) is 9.59 Å². The number of aryl methyl sites for hydroxylation is 2. The zero-order valence-electron chi connectivity index (χ0n) is 36.3. The number of imidazole rings is 2. The molecule has 16 heteroatoms. The third-order valence-corrected chi connectivity index (χ3v) is 13.6. The number of fused-ring (bicyclic) bond motifs is 6. The van der Waals surface area contributed by atoms with Crippen molar-refractivity contribution in [3.05, 3.63) is 101 Å². The van der Waals surface area contributed by atoms with Crippen molar-refractivity contribution in [2.75, 3.05) is 40.4 Å². The van der Waals surface area contributed by atoms with E-state index in [-0.39, 0.29) is 49.3 Å². The molecule has 5 aliphatic heterocycles. The highest BCUT2D eigenvalue weighted by Crippen LogP contribution is 2.46. The van der Waals surface area contributed by atoms with E-state index in [0.717, 1.165) is 93.5 Å². The lowest BCUT2D eigenvalue weighted by molar-refractivity contribution is -0.335. The van der Waals surface area contributed by atoms with Gasteiger partial charge in [0, 0.05) is 37.2 Å². The summed E-state index contributed by atoms with van der Waals surface area (Å²) in [5, 5.41) is 6.49. The molecule has 64 heavy (non-hydrogen) atoms. The van der Waals surface area contributed by atoms with Crippen molar-refractivity contribution in [2.45, 2.75) is 89.6 Å². The molecule has 4 fully saturated rings. The molecule has 2 amide bonds. The topological polar surface area (TPSA) is 177 Å². The third-order valence-electron chi connectivity index (χ3n) is 13.6. The molecule has 4 N–H and O–H groups in total. The number of likely N-dealkylation sites (tertiary alicyclic amines) is 2. The van der Waals surface area contributed by atoms with E-state index in [1.54, 1.807) is 7.11 Å². The highest BCUT2D eigenvalue weighted by Gasteiger charge is 2.43. The number of H-pyrrole nitrogens is 2. The first kappa shape index (κ1) is 41.3. The van der Waals surface area contributed by atoms with E-state index < -0.39 is 24.9 Å². The minimum absolute atomic E-state index is 0.0452. The maximum atomic E-state index is 14.4. The van der Waals surface area contributed by atoms with Gasteiger partial charge in [-0.3, -0.25) is 20.2 Å². The fourth-order valence-corrected chi connectivity index (χ4v) is 10.3. The first-order valence-electron chi connectivity index (χ1n) is 22.5. The molecule has 6 aliphatic rings. The Kier molecular flexibility index (Phi) is 11.1. The number of carbonyl (C=O) groups excluding carboxylic acids is 2. The van der Waals surface area contributed by atoms with Crippen LogP contribution in [0.15, 0.2) is 66.9 Å². The van der Waals surface area contributed by atoms with Gasteiger partial charge in [-0.2, -0.15) is 0 Å². The van der Waals surface area contributed by atoms with Crippen molar-refractivity contribution in [3.63, 3.8) is 0 Å². The van der Waals surface area contributed by atoms with Crippen molar-refractivity contribution in [1.82, 2.24) is 40.4 Å². The van der Waals surface area contributed by atoms with E-state index in [1.807, 2.05) is 60.2 Å². The summed E-state index contributed by atoms with van der Waals surface area (Å²) in [6.07, 6.45) is 4.81. The lowest BCUT2D eigenvalue weighted by Gasteiger charge is -2.35. The average molecular weight is 871 g/mol. The monoisotopic (exact) mass is 870 g/mol. The molecule has 1 aliphatic carbocycles. The Bertz CT molecular complexity index is 2540. The van der Waals surface area contributed by atoms with E-state index in [4.69, 9.17) is 38.4 Å². The standard InChI is InChI=1S/C48H54N8O8/c1-26(2)40(53-47-61-24-62-47)45(57)55-15-7-10-37(55)44-50-35-14-12-29-18-34-32-13-11-30(17-31(32)23-60-39(34)19-33(29)42(35)52-44)36-20-49-43(51-36)38-16-27(22-59-3)21-56(38)46(58)41(54-48-63-25-64-48)28-8-5-4-6-9-28/h4-6,8-9,11,13,17-20,26-27,37-38,40-41,47-48,53-54H,7,10,12,14-16,21-25H2,1-3H3,(H,49,51)(H,50,52)/t27-,37-,38-,40-,41+/m0/s1. The van der Waals surface area contributed by atoms with Crippen molar-refractivity contribution >= 4 is 11.8 Å². The molecular formula is C48H54N8O8. The van der Waals surface area contributed by atoms with Gasteiger partial charge in [0.15, 0.2) is 13.6 Å². The number of ether oxygens (including phenoxy) is 6. The van der Waals surface area contributed by atoms with Crippen molar-refractivity contribution in [2.24, 2.45) is 11.8 Å². The molecule has 2 aromatic heterocycles. The van der Waals surface area contributed by atoms with Crippen LogP contribution >= 0.6 is 0 Å². The molecule has 0 unspecified atom stereocenters. The van der Waals surface area contributed by atoms with Gasteiger partial charge in [0.05, 0.1) is 48.0 Å². The summed E-state index contributed by atoms with van der Waals surface area (Å²) in [6, 6.07) is 19.1. The zero-order chi connectivity index (χ0) is 43.5. The van der Waals surface area contributed by atoms with Gasteiger partial charge in [0.25, 0.3) is 0 Å². The predicted molar refractivity (Wildman–Crippen MR) is 233 cm³/mol. The van der Waals surface area contributed by atoms with Crippen molar-refractivity contribution < 1.29 is 38.0 Å². The number of hydrogen-bond donors (Lipinski definition) is 4. The van der Waals surface area contributed by atoms with Gasteiger partial charge < -0.3 is 48.2 Å². The number of carbonyl (C=O) groups is 2. The third kappa shape index (κ3) is 7.59. The Morgan fingerprint density at radius 3 is 2.44 bits per heavy atom. The maximum Gasteiger partial charge on any atom is 0.245 e. The summed E-state index contributed by atoms with van der Waals surface area (Å²) < 4.78 is 33.9. The summed E-state index contributed by atoms with van der Waals surface area (Å²) in [4.78, 5) is 49.5. The number of aromatic nitrogens is 4. The number of methoxy groups -OCH3 is 1. The van der Waals surface area contributed by atoms with Crippen LogP contribution in [-0.2, 0) is 52.7 Å². The molecule has 0 bridgehead atoms. The number of nitrogens with one attached hydrogen (secondary N) is 4. The quantitative estimate of drug-likeness (QED) is 0.111. The first-order chi connectivity index (χ1) is 31.3. The fraction of sp³-hybridized carbons (Fsp3) is 0.458. The van der Waals surface area contributed by atoms with Crippen LogP contribution in [0, 0.1) is 11.8 Å². The SMILES string of the molecule is COC[C@H]1C[C@@H](c2ncc(-c3ccc4c(c3)COc3cc5c(cc3-4)CCc3nc([C@@H]4CCCN4C(=O)[C@@H](NC4OCO4)C(C)C)[nH]c3-5)[nH]2)N(C(=O)[C@H](NC2OCO2)c2ccccc2)C1. The molecular weight excluding hydrogens is 817 g/mol. The Labute approximate surface area is 371 Å². The van der Waals surface area contributed by atoms with Gasteiger partial charge >= 0.3 is 0 Å². The Balaban J connectivity index is 0.826. The molecule has 7 heterocycles. The molecule has 5 atom stereocenters. The van der Waals surface area contributed by atoms with Gasteiger partial charge in [0.2, 0.25) is 24.6 Å². The first-order valence-corrected chi connectivity index (χ1v) is 22.5. The predicted octanol–water partition coefficient (Wildman–Crippen LogP) is 5.85. The Morgan fingerprint density at radius 2 is 1.67 bits per heavy atom. The number of hydrogen-bond acceptors (Lipinski definition) is 12. The molecule has 0 spiro atoms.